The number of ether oxygens (including phenoxy) is 1. The van der Waals surface area contributed by atoms with E-state index < -0.39 is 0 Å². The zero-order valence-corrected chi connectivity index (χ0v) is 13.8. The number of urea groups is 1. The van der Waals surface area contributed by atoms with Crippen molar-refractivity contribution in [2.75, 3.05) is 18.5 Å². The van der Waals surface area contributed by atoms with E-state index in [2.05, 4.69) is 10.6 Å². The SMILES string of the molecule is Cc1ccc(C)c(NC(=O)NCCCOC2CCCCC2)c1. The number of anilines is 1. The summed E-state index contributed by atoms with van der Waals surface area (Å²) in [6.07, 6.45) is 7.62. The minimum Gasteiger partial charge on any atom is -0.378 e. The summed E-state index contributed by atoms with van der Waals surface area (Å²) in [6.45, 7) is 5.38. The van der Waals surface area contributed by atoms with Crippen molar-refractivity contribution >= 4 is 11.7 Å². The van der Waals surface area contributed by atoms with E-state index in [4.69, 9.17) is 4.74 Å². The average Bonchev–Trinajstić information content (AvgIpc) is 2.51. The molecule has 4 heteroatoms. The highest BCUT2D eigenvalue weighted by atomic mass is 16.5. The van der Waals surface area contributed by atoms with Gasteiger partial charge in [-0.05, 0) is 50.3 Å². The van der Waals surface area contributed by atoms with Gasteiger partial charge in [-0.2, -0.15) is 0 Å². The number of hydrogen-bond acceptors (Lipinski definition) is 2. The highest BCUT2D eigenvalue weighted by Crippen LogP contribution is 2.20. The number of amides is 2. The second-order valence-corrected chi connectivity index (χ2v) is 6.18. The number of nitrogens with one attached hydrogen (secondary N) is 2. The van der Waals surface area contributed by atoms with Crippen molar-refractivity contribution in [2.45, 2.75) is 58.5 Å². The molecule has 1 saturated carbocycles. The number of aryl methyl sites for hydroxylation is 2. The van der Waals surface area contributed by atoms with E-state index in [1.54, 1.807) is 0 Å². The Hall–Kier alpha value is -1.55. The maximum Gasteiger partial charge on any atom is 0.319 e. The number of hydrogen-bond donors (Lipinski definition) is 2. The highest BCUT2D eigenvalue weighted by Gasteiger charge is 2.13. The van der Waals surface area contributed by atoms with Gasteiger partial charge in [0, 0.05) is 18.8 Å². The summed E-state index contributed by atoms with van der Waals surface area (Å²) in [5.74, 6) is 0. The molecule has 22 heavy (non-hydrogen) atoms. The average molecular weight is 304 g/mol. The Bertz CT molecular complexity index is 482. The van der Waals surface area contributed by atoms with Crippen molar-refractivity contribution in [1.82, 2.24) is 5.32 Å². The fraction of sp³-hybridized carbons (Fsp3) is 0.611. The second kappa shape index (κ2) is 8.79. The van der Waals surface area contributed by atoms with Crippen molar-refractivity contribution in [3.05, 3.63) is 29.3 Å². The molecule has 0 unspecified atom stereocenters. The van der Waals surface area contributed by atoms with Crippen LogP contribution in [0.3, 0.4) is 0 Å². The third-order valence-corrected chi connectivity index (χ3v) is 4.15. The van der Waals surface area contributed by atoms with Crippen LogP contribution < -0.4 is 10.6 Å². The molecule has 0 aliphatic heterocycles. The molecule has 0 saturated heterocycles. The first-order chi connectivity index (χ1) is 10.6. The smallest absolute Gasteiger partial charge is 0.319 e. The monoisotopic (exact) mass is 304 g/mol. The summed E-state index contributed by atoms with van der Waals surface area (Å²) >= 11 is 0. The molecule has 122 valence electrons. The molecule has 4 nitrogen and oxygen atoms in total. The van der Waals surface area contributed by atoms with Crippen LogP contribution in [0.5, 0.6) is 0 Å². The molecule has 1 aromatic rings. The topological polar surface area (TPSA) is 50.4 Å². The van der Waals surface area contributed by atoms with Gasteiger partial charge in [-0.3, -0.25) is 0 Å². The molecule has 0 atom stereocenters. The van der Waals surface area contributed by atoms with Gasteiger partial charge in [0.1, 0.15) is 0 Å². The molecule has 1 aliphatic carbocycles. The van der Waals surface area contributed by atoms with Crippen molar-refractivity contribution in [3.8, 4) is 0 Å². The van der Waals surface area contributed by atoms with Crippen LogP contribution in [0, 0.1) is 13.8 Å². The van der Waals surface area contributed by atoms with Crippen LogP contribution in [-0.4, -0.2) is 25.3 Å². The summed E-state index contributed by atoms with van der Waals surface area (Å²) in [5, 5.41) is 5.79. The molecule has 2 N–H and O–H groups in total. The van der Waals surface area contributed by atoms with Gasteiger partial charge >= 0.3 is 6.03 Å². The van der Waals surface area contributed by atoms with Crippen LogP contribution in [0.1, 0.15) is 49.7 Å². The van der Waals surface area contributed by atoms with Crippen LogP contribution in [0.2, 0.25) is 0 Å². The fourth-order valence-corrected chi connectivity index (χ4v) is 2.79. The molecule has 1 fully saturated rings. The number of carbonyl (C=O) groups excluding carboxylic acids is 1. The van der Waals surface area contributed by atoms with E-state index in [9.17, 15) is 4.79 Å². The van der Waals surface area contributed by atoms with Gasteiger partial charge < -0.3 is 15.4 Å². The Morgan fingerprint density at radius 2 is 2.00 bits per heavy atom. The number of rotatable bonds is 6. The maximum atomic E-state index is 11.9. The Labute approximate surface area is 133 Å². The minimum atomic E-state index is -0.147. The van der Waals surface area contributed by atoms with Crippen molar-refractivity contribution in [2.24, 2.45) is 0 Å². The summed E-state index contributed by atoms with van der Waals surface area (Å²) in [5.41, 5.74) is 3.08. The van der Waals surface area contributed by atoms with Gasteiger partial charge in [-0.15, -0.1) is 0 Å². The van der Waals surface area contributed by atoms with Gasteiger partial charge in [0.2, 0.25) is 0 Å². The largest absolute Gasteiger partial charge is 0.378 e. The Balaban J connectivity index is 1.60. The first-order valence-corrected chi connectivity index (χ1v) is 8.39. The molecule has 2 rings (SSSR count). The lowest BCUT2D eigenvalue weighted by molar-refractivity contribution is 0.0276. The molecule has 0 radical (unpaired) electrons. The normalized spacial score (nSPS) is 15.5. The number of benzene rings is 1. The first-order valence-electron chi connectivity index (χ1n) is 8.39. The van der Waals surface area contributed by atoms with Gasteiger partial charge in [0.05, 0.1) is 6.10 Å². The lowest BCUT2D eigenvalue weighted by Gasteiger charge is -2.21. The summed E-state index contributed by atoms with van der Waals surface area (Å²) in [6, 6.07) is 5.90. The molecule has 0 aromatic heterocycles. The predicted molar refractivity (Wildman–Crippen MR) is 90.4 cm³/mol. The molecule has 0 heterocycles. The van der Waals surface area contributed by atoms with E-state index in [0.29, 0.717) is 12.6 Å². The van der Waals surface area contributed by atoms with Gasteiger partial charge in [0.25, 0.3) is 0 Å². The molecule has 1 aromatic carbocycles. The third-order valence-electron chi connectivity index (χ3n) is 4.15. The van der Waals surface area contributed by atoms with Crippen LogP contribution in [-0.2, 0) is 4.74 Å². The highest BCUT2D eigenvalue weighted by molar-refractivity contribution is 5.90. The molecule has 2 amide bonds. The van der Waals surface area contributed by atoms with Crippen LogP contribution in [0.25, 0.3) is 0 Å². The van der Waals surface area contributed by atoms with E-state index in [1.165, 1.54) is 32.1 Å². The Morgan fingerprint density at radius 3 is 2.77 bits per heavy atom. The summed E-state index contributed by atoms with van der Waals surface area (Å²) in [7, 11) is 0. The molecule has 1 aliphatic rings. The quantitative estimate of drug-likeness (QED) is 0.775. The van der Waals surface area contributed by atoms with E-state index >= 15 is 0 Å². The molecular weight excluding hydrogens is 276 g/mol. The van der Waals surface area contributed by atoms with Gasteiger partial charge in [-0.1, -0.05) is 31.4 Å². The lowest BCUT2D eigenvalue weighted by Crippen LogP contribution is -2.30. The Morgan fingerprint density at radius 1 is 1.23 bits per heavy atom. The zero-order chi connectivity index (χ0) is 15.8. The van der Waals surface area contributed by atoms with Crippen LogP contribution in [0.15, 0.2) is 18.2 Å². The van der Waals surface area contributed by atoms with E-state index in [-0.39, 0.29) is 6.03 Å². The first kappa shape index (κ1) is 16.8. The number of carbonyl (C=O) groups is 1. The van der Waals surface area contributed by atoms with E-state index in [0.717, 1.165) is 29.8 Å². The standard InChI is InChI=1S/C18H28N2O2/c1-14-9-10-15(2)17(13-14)20-18(21)19-11-6-12-22-16-7-4-3-5-8-16/h9-10,13,16H,3-8,11-12H2,1-2H3,(H2,19,20,21). The lowest BCUT2D eigenvalue weighted by atomic mass is 9.98. The molecule has 0 spiro atoms. The van der Waals surface area contributed by atoms with Crippen molar-refractivity contribution < 1.29 is 9.53 Å². The molecule has 0 bridgehead atoms. The Kier molecular flexibility index (Phi) is 6.72. The van der Waals surface area contributed by atoms with Gasteiger partial charge in [0.15, 0.2) is 0 Å². The third kappa shape index (κ3) is 5.68. The van der Waals surface area contributed by atoms with Crippen LogP contribution in [0.4, 0.5) is 10.5 Å². The molecular formula is C18H28N2O2. The minimum absolute atomic E-state index is 0.147. The van der Waals surface area contributed by atoms with Gasteiger partial charge in [-0.25, -0.2) is 4.79 Å². The summed E-state index contributed by atoms with van der Waals surface area (Å²) < 4.78 is 5.85. The van der Waals surface area contributed by atoms with E-state index in [1.807, 2.05) is 32.0 Å². The van der Waals surface area contributed by atoms with Crippen LogP contribution >= 0.6 is 0 Å². The second-order valence-electron chi connectivity index (χ2n) is 6.18. The zero-order valence-electron chi connectivity index (χ0n) is 13.8. The maximum absolute atomic E-state index is 11.9. The predicted octanol–water partition coefficient (Wildman–Crippen LogP) is 4.16. The van der Waals surface area contributed by atoms with Crippen molar-refractivity contribution in [1.29, 1.82) is 0 Å². The summed E-state index contributed by atoms with van der Waals surface area (Å²) in [4.78, 5) is 11.9. The van der Waals surface area contributed by atoms with Crippen molar-refractivity contribution in [3.63, 3.8) is 0 Å². The fourth-order valence-electron chi connectivity index (χ4n) is 2.79.